The number of aromatic nitrogens is 1. The summed E-state index contributed by atoms with van der Waals surface area (Å²) >= 11 is 6.05. The van der Waals surface area contributed by atoms with Gasteiger partial charge in [-0.15, -0.1) is 0 Å². The number of methoxy groups -OCH3 is 1. The van der Waals surface area contributed by atoms with Crippen molar-refractivity contribution in [2.24, 2.45) is 5.10 Å². The zero-order valence-corrected chi connectivity index (χ0v) is 18.2. The number of amides is 1. The average Bonchev–Trinajstić information content (AvgIpc) is 2.84. The second-order valence-electron chi connectivity index (χ2n) is 6.87. The molecule has 0 saturated carbocycles. The predicted octanol–water partition coefficient (Wildman–Crippen LogP) is 4.88. The van der Waals surface area contributed by atoms with Gasteiger partial charge in [0.25, 0.3) is 5.91 Å². The first kappa shape index (κ1) is 22.0. The van der Waals surface area contributed by atoms with Gasteiger partial charge < -0.3 is 9.47 Å². The van der Waals surface area contributed by atoms with Crippen LogP contribution >= 0.6 is 11.6 Å². The van der Waals surface area contributed by atoms with Gasteiger partial charge in [-0.1, -0.05) is 48.0 Å². The number of nitrogens with zero attached hydrogens (tertiary/aromatic N) is 2. The van der Waals surface area contributed by atoms with E-state index in [2.05, 4.69) is 15.5 Å². The molecule has 8 heteroatoms. The minimum Gasteiger partial charge on any atom is -0.493 e. The van der Waals surface area contributed by atoms with Crippen LogP contribution in [0.5, 0.6) is 11.5 Å². The molecule has 0 unspecified atom stereocenters. The highest BCUT2D eigenvalue weighted by Crippen LogP contribution is 2.29. The van der Waals surface area contributed by atoms with Crippen molar-refractivity contribution in [1.29, 1.82) is 0 Å². The number of hydrogen-bond acceptors (Lipinski definition) is 6. The van der Waals surface area contributed by atoms with Gasteiger partial charge in [-0.3, -0.25) is 4.79 Å². The summed E-state index contributed by atoms with van der Waals surface area (Å²) in [5.74, 6) is -0.490. The number of pyridine rings is 1. The van der Waals surface area contributed by atoms with E-state index in [0.717, 1.165) is 10.9 Å². The molecule has 1 amide bonds. The van der Waals surface area contributed by atoms with Crippen LogP contribution in [0.25, 0.3) is 10.9 Å². The summed E-state index contributed by atoms with van der Waals surface area (Å²) in [4.78, 5) is 29.1. The number of rotatable bonds is 6. The Morgan fingerprint density at radius 2 is 1.76 bits per heavy atom. The summed E-state index contributed by atoms with van der Waals surface area (Å²) in [6.45, 7) is 0. The average molecular weight is 460 g/mol. The number of ether oxygens (including phenoxy) is 2. The Morgan fingerprint density at radius 3 is 2.58 bits per heavy atom. The number of carbonyl (C=O) groups excluding carboxylic acids is 2. The summed E-state index contributed by atoms with van der Waals surface area (Å²) < 4.78 is 10.7. The van der Waals surface area contributed by atoms with Crippen molar-refractivity contribution in [2.75, 3.05) is 7.11 Å². The molecule has 4 rings (SSSR count). The fourth-order valence-corrected chi connectivity index (χ4v) is 3.26. The second-order valence-corrected chi connectivity index (χ2v) is 7.28. The molecular weight excluding hydrogens is 442 g/mol. The number of hydrogen-bond donors (Lipinski definition) is 1. The molecule has 1 aromatic heterocycles. The topological polar surface area (TPSA) is 89.9 Å². The van der Waals surface area contributed by atoms with Crippen molar-refractivity contribution in [3.05, 3.63) is 101 Å². The van der Waals surface area contributed by atoms with Crippen molar-refractivity contribution >= 4 is 40.6 Å². The van der Waals surface area contributed by atoms with Gasteiger partial charge in [-0.25, -0.2) is 15.2 Å². The zero-order chi connectivity index (χ0) is 23.2. The van der Waals surface area contributed by atoms with E-state index in [-0.39, 0.29) is 17.0 Å². The molecule has 0 fully saturated rings. The van der Waals surface area contributed by atoms with Crippen LogP contribution < -0.4 is 14.9 Å². The van der Waals surface area contributed by atoms with Crippen LogP contribution in [-0.4, -0.2) is 30.2 Å². The van der Waals surface area contributed by atoms with Gasteiger partial charge in [0.15, 0.2) is 11.5 Å². The highest BCUT2D eigenvalue weighted by molar-refractivity contribution is 6.33. The number of nitrogens with one attached hydrogen (secondary N) is 1. The van der Waals surface area contributed by atoms with Crippen LogP contribution in [0.4, 0.5) is 0 Å². The smallest absolute Gasteiger partial charge is 0.345 e. The molecule has 0 aliphatic carbocycles. The van der Waals surface area contributed by atoms with Crippen molar-refractivity contribution in [2.45, 2.75) is 0 Å². The molecule has 0 bridgehead atoms. The quantitative estimate of drug-likeness (QED) is 0.192. The van der Waals surface area contributed by atoms with Crippen LogP contribution in [0.3, 0.4) is 0 Å². The second kappa shape index (κ2) is 9.93. The number of carbonyl (C=O) groups is 2. The lowest BCUT2D eigenvalue weighted by Crippen LogP contribution is -2.18. The fraction of sp³-hybridized carbons (Fsp3) is 0.0400. The van der Waals surface area contributed by atoms with Crippen molar-refractivity contribution in [3.63, 3.8) is 0 Å². The lowest BCUT2D eigenvalue weighted by molar-refractivity contribution is 0.0729. The van der Waals surface area contributed by atoms with Crippen LogP contribution in [0.2, 0.25) is 5.02 Å². The zero-order valence-electron chi connectivity index (χ0n) is 17.5. The normalized spacial score (nSPS) is 10.8. The SMILES string of the molecule is COc1cc(C=NNC(=O)c2ccc3ccccc3n2)ccc1OC(=O)c1ccccc1Cl. The molecule has 0 atom stereocenters. The number of esters is 1. The Morgan fingerprint density at radius 1 is 0.970 bits per heavy atom. The molecule has 4 aromatic rings. The molecule has 0 spiro atoms. The van der Waals surface area contributed by atoms with Gasteiger partial charge in [0, 0.05) is 5.39 Å². The molecule has 33 heavy (non-hydrogen) atoms. The molecular formula is C25H18ClN3O4. The Hall–Kier alpha value is -4.23. The summed E-state index contributed by atoms with van der Waals surface area (Å²) in [6.07, 6.45) is 1.45. The predicted molar refractivity (Wildman–Crippen MR) is 126 cm³/mol. The Bertz CT molecular complexity index is 1370. The highest BCUT2D eigenvalue weighted by Gasteiger charge is 2.15. The third-order valence-electron chi connectivity index (χ3n) is 4.69. The fourth-order valence-electron chi connectivity index (χ4n) is 3.05. The molecule has 3 aromatic carbocycles. The molecule has 1 heterocycles. The maximum absolute atomic E-state index is 12.4. The standard InChI is InChI=1S/C25H18ClN3O4/c1-32-23-14-16(10-13-22(23)33-25(31)18-7-3-4-8-19(18)26)15-27-29-24(30)21-12-11-17-6-2-5-9-20(17)28-21/h2-15H,1H3,(H,29,30). The van der Waals surface area contributed by atoms with E-state index in [4.69, 9.17) is 21.1 Å². The number of benzene rings is 3. The molecule has 1 N–H and O–H groups in total. The third kappa shape index (κ3) is 5.16. The van der Waals surface area contributed by atoms with Crippen molar-refractivity contribution in [3.8, 4) is 11.5 Å². The van der Waals surface area contributed by atoms with E-state index in [1.165, 1.54) is 13.3 Å². The Labute approximate surface area is 194 Å². The number of hydrazone groups is 1. The third-order valence-corrected chi connectivity index (χ3v) is 5.02. The first-order valence-corrected chi connectivity index (χ1v) is 10.3. The largest absolute Gasteiger partial charge is 0.493 e. The first-order chi connectivity index (χ1) is 16.0. The van der Waals surface area contributed by atoms with Gasteiger partial charge in [0.2, 0.25) is 0 Å². The molecule has 7 nitrogen and oxygen atoms in total. The van der Waals surface area contributed by atoms with Gasteiger partial charge in [0.05, 0.1) is 29.4 Å². The molecule has 164 valence electrons. The Balaban J connectivity index is 1.44. The van der Waals surface area contributed by atoms with Gasteiger partial charge in [0.1, 0.15) is 5.69 Å². The lowest BCUT2D eigenvalue weighted by atomic mass is 10.2. The Kier molecular flexibility index (Phi) is 6.61. The maximum Gasteiger partial charge on any atom is 0.345 e. The molecule has 0 radical (unpaired) electrons. The van der Waals surface area contributed by atoms with E-state index < -0.39 is 11.9 Å². The number of halogens is 1. The number of para-hydroxylation sites is 1. The molecule has 0 saturated heterocycles. The highest BCUT2D eigenvalue weighted by atomic mass is 35.5. The van der Waals surface area contributed by atoms with Crippen molar-refractivity contribution < 1.29 is 19.1 Å². The van der Waals surface area contributed by atoms with Gasteiger partial charge in [-0.2, -0.15) is 5.10 Å². The first-order valence-electron chi connectivity index (χ1n) is 9.89. The van der Waals surface area contributed by atoms with Crippen LogP contribution in [0.1, 0.15) is 26.4 Å². The van der Waals surface area contributed by atoms with Gasteiger partial charge in [-0.05, 0) is 48.0 Å². The minimum atomic E-state index is -0.601. The number of fused-ring (bicyclic) bond motifs is 1. The summed E-state index contributed by atoms with van der Waals surface area (Å²) in [5, 5.41) is 5.22. The monoisotopic (exact) mass is 459 g/mol. The maximum atomic E-state index is 12.4. The van der Waals surface area contributed by atoms with Crippen LogP contribution in [0, 0.1) is 0 Å². The summed E-state index contributed by atoms with van der Waals surface area (Å²) in [7, 11) is 1.45. The molecule has 0 aliphatic heterocycles. The van der Waals surface area contributed by atoms with Gasteiger partial charge >= 0.3 is 5.97 Å². The van der Waals surface area contributed by atoms with Crippen LogP contribution in [-0.2, 0) is 0 Å². The summed E-state index contributed by atoms with van der Waals surface area (Å²) in [6, 6.07) is 22.5. The molecule has 0 aliphatic rings. The van der Waals surface area contributed by atoms with E-state index in [0.29, 0.717) is 16.3 Å². The summed E-state index contributed by atoms with van der Waals surface area (Å²) in [5.41, 5.74) is 4.30. The van der Waals surface area contributed by atoms with E-state index >= 15 is 0 Å². The lowest BCUT2D eigenvalue weighted by Gasteiger charge is -2.10. The van der Waals surface area contributed by atoms with E-state index in [9.17, 15) is 9.59 Å². The van der Waals surface area contributed by atoms with Crippen molar-refractivity contribution in [1.82, 2.24) is 10.4 Å². The van der Waals surface area contributed by atoms with Crippen LogP contribution in [0.15, 0.2) is 84.0 Å². The van der Waals surface area contributed by atoms with E-state index in [1.54, 1.807) is 48.5 Å². The van der Waals surface area contributed by atoms with E-state index in [1.807, 2.05) is 30.3 Å². The minimum absolute atomic E-state index is 0.226.